The average molecular weight is 320 g/mol. The molecule has 2 fully saturated rings. The molecule has 1 aromatic rings. The Morgan fingerprint density at radius 3 is 2.30 bits per heavy atom. The topological polar surface area (TPSA) is 78.7 Å². The molecule has 1 saturated carbocycles. The summed E-state index contributed by atoms with van der Waals surface area (Å²) in [5, 5.41) is 2.74. The van der Waals surface area contributed by atoms with Gasteiger partial charge in [-0.2, -0.15) is 0 Å². The molecule has 1 heterocycles. The predicted molar refractivity (Wildman–Crippen MR) is 84.2 cm³/mol. The number of hydrogen-bond acceptors (Lipinski definition) is 4. The monoisotopic (exact) mass is 320 g/mol. The van der Waals surface area contributed by atoms with Crippen molar-refractivity contribution in [1.82, 2.24) is 9.80 Å². The fourth-order valence-electron chi connectivity index (χ4n) is 2.71. The summed E-state index contributed by atoms with van der Waals surface area (Å²) in [6.45, 7) is 2.76. The van der Waals surface area contributed by atoms with Crippen molar-refractivity contribution in [3.05, 3.63) is 30.1 Å². The van der Waals surface area contributed by atoms with Crippen LogP contribution in [0, 0.1) is 5.82 Å². The molecule has 2 aliphatic rings. The highest BCUT2D eigenvalue weighted by atomic mass is 19.1. The van der Waals surface area contributed by atoms with Crippen molar-refractivity contribution in [1.29, 1.82) is 0 Å². The van der Waals surface area contributed by atoms with Gasteiger partial charge in [0.1, 0.15) is 5.82 Å². The lowest BCUT2D eigenvalue weighted by Gasteiger charge is -2.35. The minimum atomic E-state index is -0.623. The van der Waals surface area contributed by atoms with E-state index in [9.17, 15) is 14.0 Å². The Morgan fingerprint density at radius 2 is 1.74 bits per heavy atom. The predicted octanol–water partition coefficient (Wildman–Crippen LogP) is 0.400. The molecule has 0 atom stereocenters. The van der Waals surface area contributed by atoms with Crippen molar-refractivity contribution in [3.63, 3.8) is 0 Å². The summed E-state index contributed by atoms with van der Waals surface area (Å²) in [7, 11) is 0. The first-order valence-electron chi connectivity index (χ1n) is 7.82. The van der Waals surface area contributed by atoms with E-state index in [4.69, 9.17) is 5.73 Å². The molecule has 6 nitrogen and oxygen atoms in total. The van der Waals surface area contributed by atoms with Crippen molar-refractivity contribution >= 4 is 17.5 Å². The van der Waals surface area contributed by atoms with E-state index in [2.05, 4.69) is 5.32 Å². The summed E-state index contributed by atoms with van der Waals surface area (Å²) in [6.07, 6.45) is 1.54. The number of nitrogens with one attached hydrogen (secondary N) is 1. The molecular weight excluding hydrogens is 299 g/mol. The Labute approximate surface area is 134 Å². The molecule has 0 radical (unpaired) electrons. The van der Waals surface area contributed by atoms with Crippen molar-refractivity contribution < 1.29 is 14.0 Å². The van der Waals surface area contributed by atoms with E-state index < -0.39 is 5.54 Å². The second kappa shape index (κ2) is 6.25. The van der Waals surface area contributed by atoms with Crippen LogP contribution in [0.1, 0.15) is 12.8 Å². The van der Waals surface area contributed by atoms with Gasteiger partial charge >= 0.3 is 0 Å². The largest absolute Gasteiger partial charge is 0.339 e. The van der Waals surface area contributed by atoms with Crippen molar-refractivity contribution in [3.8, 4) is 0 Å². The molecule has 1 aliphatic carbocycles. The minimum absolute atomic E-state index is 0.0351. The molecule has 0 bridgehead atoms. The summed E-state index contributed by atoms with van der Waals surface area (Å²) < 4.78 is 12.8. The molecule has 0 unspecified atom stereocenters. The first kappa shape index (κ1) is 15.9. The van der Waals surface area contributed by atoms with Crippen LogP contribution in [0.5, 0.6) is 0 Å². The van der Waals surface area contributed by atoms with E-state index in [1.165, 1.54) is 24.3 Å². The van der Waals surface area contributed by atoms with E-state index in [0.29, 0.717) is 31.9 Å². The second-order valence-electron chi connectivity index (χ2n) is 6.28. The Kier molecular flexibility index (Phi) is 4.32. The zero-order valence-electron chi connectivity index (χ0n) is 12.9. The molecule has 0 spiro atoms. The summed E-state index contributed by atoms with van der Waals surface area (Å²) in [6, 6.07) is 5.67. The molecule has 1 aromatic carbocycles. The SMILES string of the molecule is NC1(C(=O)N2CCN(CC(=O)Nc3ccc(F)cc3)CC2)CC1. The average Bonchev–Trinajstić information content (AvgIpc) is 3.29. The number of nitrogens with zero attached hydrogens (tertiary/aromatic N) is 2. The number of benzene rings is 1. The Morgan fingerprint density at radius 1 is 1.13 bits per heavy atom. The molecule has 3 N–H and O–H groups in total. The van der Waals surface area contributed by atoms with Gasteiger partial charge in [-0.15, -0.1) is 0 Å². The highest BCUT2D eigenvalue weighted by Gasteiger charge is 2.48. The zero-order valence-corrected chi connectivity index (χ0v) is 12.9. The first-order valence-corrected chi connectivity index (χ1v) is 7.82. The Hall–Kier alpha value is -1.99. The molecule has 1 aliphatic heterocycles. The fraction of sp³-hybridized carbons (Fsp3) is 0.500. The number of nitrogens with two attached hydrogens (primary N) is 1. The maximum atomic E-state index is 12.8. The molecule has 7 heteroatoms. The number of carbonyl (C=O) groups excluding carboxylic acids is 2. The summed E-state index contributed by atoms with van der Waals surface area (Å²) >= 11 is 0. The fourth-order valence-corrected chi connectivity index (χ4v) is 2.71. The van der Waals surface area contributed by atoms with Crippen LogP contribution in [0.3, 0.4) is 0 Å². The van der Waals surface area contributed by atoms with E-state index in [0.717, 1.165) is 12.8 Å². The van der Waals surface area contributed by atoms with Crippen molar-refractivity contribution in [2.75, 3.05) is 38.0 Å². The van der Waals surface area contributed by atoms with Gasteiger partial charge in [0.25, 0.3) is 0 Å². The molecule has 0 aromatic heterocycles. The van der Waals surface area contributed by atoms with Crippen molar-refractivity contribution in [2.24, 2.45) is 5.73 Å². The van der Waals surface area contributed by atoms with Crippen LogP contribution in [-0.2, 0) is 9.59 Å². The summed E-state index contributed by atoms with van der Waals surface area (Å²) in [5.74, 6) is -0.445. The molecule has 1 saturated heterocycles. The van der Waals surface area contributed by atoms with Gasteiger partial charge < -0.3 is 16.0 Å². The highest BCUT2D eigenvalue weighted by molar-refractivity contribution is 5.92. The molecular formula is C16H21FN4O2. The summed E-state index contributed by atoms with van der Waals surface area (Å²) in [5.41, 5.74) is 5.89. The lowest BCUT2D eigenvalue weighted by Crippen LogP contribution is -2.55. The third-order valence-corrected chi connectivity index (χ3v) is 4.37. The van der Waals surface area contributed by atoms with Gasteiger partial charge in [0.15, 0.2) is 0 Å². The van der Waals surface area contributed by atoms with Gasteiger partial charge in [-0.05, 0) is 37.1 Å². The third kappa shape index (κ3) is 3.86. The quantitative estimate of drug-likeness (QED) is 0.842. The normalized spacial score (nSPS) is 20.2. The number of anilines is 1. The van der Waals surface area contributed by atoms with E-state index >= 15 is 0 Å². The minimum Gasteiger partial charge on any atom is -0.339 e. The number of carbonyl (C=O) groups is 2. The lowest BCUT2D eigenvalue weighted by molar-refractivity contribution is -0.135. The van der Waals surface area contributed by atoms with Crippen LogP contribution in [0.25, 0.3) is 0 Å². The van der Waals surface area contributed by atoms with Crippen LogP contribution >= 0.6 is 0 Å². The molecule has 2 amide bonds. The van der Waals surface area contributed by atoms with Crippen LogP contribution in [-0.4, -0.2) is 59.9 Å². The molecule has 3 rings (SSSR count). The maximum Gasteiger partial charge on any atom is 0.242 e. The van der Waals surface area contributed by atoms with Gasteiger partial charge in [0, 0.05) is 31.9 Å². The van der Waals surface area contributed by atoms with E-state index in [1.54, 1.807) is 4.90 Å². The van der Waals surface area contributed by atoms with Gasteiger partial charge in [-0.1, -0.05) is 0 Å². The van der Waals surface area contributed by atoms with Gasteiger partial charge in [0.05, 0.1) is 12.1 Å². The Balaban J connectivity index is 1.44. The number of rotatable bonds is 4. The van der Waals surface area contributed by atoms with Gasteiger partial charge in [0.2, 0.25) is 11.8 Å². The standard InChI is InChI=1S/C16H21FN4O2/c17-12-1-3-13(4-2-12)19-14(22)11-20-7-9-21(10-8-20)15(23)16(18)5-6-16/h1-4H,5-11,18H2,(H,19,22). The van der Waals surface area contributed by atoms with Crippen LogP contribution in [0.15, 0.2) is 24.3 Å². The number of piperazine rings is 1. The number of hydrogen-bond donors (Lipinski definition) is 2. The van der Waals surface area contributed by atoms with Gasteiger partial charge in [-0.3, -0.25) is 14.5 Å². The van der Waals surface area contributed by atoms with Gasteiger partial charge in [-0.25, -0.2) is 4.39 Å². The van der Waals surface area contributed by atoms with Crippen LogP contribution in [0.2, 0.25) is 0 Å². The van der Waals surface area contributed by atoms with E-state index in [1.807, 2.05) is 4.90 Å². The summed E-state index contributed by atoms with van der Waals surface area (Å²) in [4.78, 5) is 27.9. The highest BCUT2D eigenvalue weighted by Crippen LogP contribution is 2.34. The van der Waals surface area contributed by atoms with E-state index in [-0.39, 0.29) is 24.2 Å². The lowest BCUT2D eigenvalue weighted by atomic mass is 10.2. The smallest absolute Gasteiger partial charge is 0.242 e. The van der Waals surface area contributed by atoms with Crippen LogP contribution in [0.4, 0.5) is 10.1 Å². The third-order valence-electron chi connectivity index (χ3n) is 4.37. The second-order valence-corrected chi connectivity index (χ2v) is 6.28. The number of halogens is 1. The van der Waals surface area contributed by atoms with Crippen molar-refractivity contribution in [2.45, 2.75) is 18.4 Å². The molecule has 124 valence electrons. The maximum absolute atomic E-state index is 12.8. The molecule has 23 heavy (non-hydrogen) atoms. The number of amides is 2. The Bertz CT molecular complexity index is 593. The van der Waals surface area contributed by atoms with Crippen LogP contribution < -0.4 is 11.1 Å². The first-order chi connectivity index (χ1) is 11.0. The zero-order chi connectivity index (χ0) is 16.4.